The lowest BCUT2D eigenvalue weighted by Crippen LogP contribution is -2.40. The molecule has 1 aromatic heterocycles. The molecule has 1 aliphatic heterocycles. The first-order valence-corrected chi connectivity index (χ1v) is 11.0. The second kappa shape index (κ2) is 9.98. The van der Waals surface area contributed by atoms with E-state index < -0.39 is 0 Å². The first-order chi connectivity index (χ1) is 13.7. The van der Waals surface area contributed by atoms with E-state index in [4.69, 9.17) is 9.26 Å². The Labute approximate surface area is 171 Å². The van der Waals surface area contributed by atoms with Crippen LogP contribution in [0.2, 0.25) is 0 Å². The van der Waals surface area contributed by atoms with Gasteiger partial charge in [0.1, 0.15) is 12.3 Å². The molecule has 2 aromatic rings. The second-order valence-corrected chi connectivity index (χ2v) is 8.22. The number of methoxy groups -OCH3 is 1. The summed E-state index contributed by atoms with van der Waals surface area (Å²) in [6.45, 7) is 6.55. The van der Waals surface area contributed by atoms with Gasteiger partial charge in [-0.15, -0.1) is 0 Å². The Morgan fingerprint density at radius 2 is 2.04 bits per heavy atom. The molecule has 1 atom stereocenters. The van der Waals surface area contributed by atoms with Crippen molar-refractivity contribution in [1.29, 1.82) is 0 Å². The van der Waals surface area contributed by atoms with Crippen LogP contribution in [0.25, 0.3) is 11.3 Å². The fourth-order valence-corrected chi connectivity index (χ4v) is 4.27. The number of anilines is 1. The van der Waals surface area contributed by atoms with E-state index in [2.05, 4.69) is 23.9 Å². The molecule has 28 heavy (non-hydrogen) atoms. The van der Waals surface area contributed by atoms with E-state index in [1.165, 1.54) is 0 Å². The Balaban J connectivity index is 1.99. The number of carbonyl (C=O) groups is 1. The smallest absolute Gasteiger partial charge is 0.249 e. The van der Waals surface area contributed by atoms with Gasteiger partial charge in [-0.05, 0) is 13.3 Å². The fraction of sp³-hybridized carbons (Fsp3) is 0.524. The van der Waals surface area contributed by atoms with Crippen LogP contribution in [-0.4, -0.2) is 60.3 Å². The molecule has 1 saturated heterocycles. The zero-order chi connectivity index (χ0) is 19.9. The SMILES string of the molecule is CCC(C)N(Cc1c(-c2ccccc2)noc1N1CCSCC1)C(=O)COC. The number of aromatic nitrogens is 1. The summed E-state index contributed by atoms with van der Waals surface area (Å²) in [5.74, 6) is 2.91. The largest absolute Gasteiger partial charge is 0.375 e. The van der Waals surface area contributed by atoms with Crippen molar-refractivity contribution in [2.45, 2.75) is 32.9 Å². The molecular weight excluding hydrogens is 374 g/mol. The molecule has 152 valence electrons. The van der Waals surface area contributed by atoms with Gasteiger partial charge in [0.2, 0.25) is 11.8 Å². The molecule has 1 aliphatic rings. The number of thioether (sulfide) groups is 1. The Kier molecular flexibility index (Phi) is 7.39. The zero-order valence-corrected chi connectivity index (χ0v) is 17.7. The third-order valence-corrected chi connectivity index (χ3v) is 6.09. The fourth-order valence-electron chi connectivity index (χ4n) is 3.37. The van der Waals surface area contributed by atoms with Gasteiger partial charge in [-0.3, -0.25) is 4.79 Å². The minimum atomic E-state index is -0.0165. The third kappa shape index (κ3) is 4.70. The molecule has 0 aliphatic carbocycles. The molecule has 1 aromatic carbocycles. The van der Waals surface area contributed by atoms with Crippen LogP contribution in [-0.2, 0) is 16.1 Å². The number of nitrogens with zero attached hydrogens (tertiary/aromatic N) is 3. The monoisotopic (exact) mass is 403 g/mol. The van der Waals surface area contributed by atoms with Gasteiger partial charge in [-0.25, -0.2) is 0 Å². The van der Waals surface area contributed by atoms with Crippen molar-refractivity contribution in [3.8, 4) is 11.3 Å². The molecule has 3 rings (SSSR count). The van der Waals surface area contributed by atoms with E-state index in [1.807, 2.05) is 47.0 Å². The highest BCUT2D eigenvalue weighted by Gasteiger charge is 2.28. The number of benzene rings is 1. The Bertz CT molecular complexity index is 760. The number of hydrogen-bond acceptors (Lipinski definition) is 6. The van der Waals surface area contributed by atoms with Gasteiger partial charge >= 0.3 is 0 Å². The van der Waals surface area contributed by atoms with Crippen LogP contribution in [0.4, 0.5) is 5.88 Å². The highest BCUT2D eigenvalue weighted by Crippen LogP contribution is 2.34. The van der Waals surface area contributed by atoms with Crippen LogP contribution in [0.15, 0.2) is 34.9 Å². The van der Waals surface area contributed by atoms with Gasteiger partial charge in [0.15, 0.2) is 0 Å². The van der Waals surface area contributed by atoms with Crippen molar-refractivity contribution < 1.29 is 14.1 Å². The highest BCUT2D eigenvalue weighted by molar-refractivity contribution is 7.99. The lowest BCUT2D eigenvalue weighted by molar-refractivity contribution is -0.138. The van der Waals surface area contributed by atoms with Gasteiger partial charge in [0.25, 0.3) is 0 Å². The predicted molar refractivity (Wildman–Crippen MR) is 114 cm³/mol. The molecule has 6 nitrogen and oxygen atoms in total. The summed E-state index contributed by atoms with van der Waals surface area (Å²) in [5.41, 5.74) is 2.79. The third-order valence-electron chi connectivity index (χ3n) is 5.15. The highest BCUT2D eigenvalue weighted by atomic mass is 32.2. The van der Waals surface area contributed by atoms with Crippen molar-refractivity contribution >= 4 is 23.6 Å². The van der Waals surface area contributed by atoms with E-state index in [-0.39, 0.29) is 18.6 Å². The van der Waals surface area contributed by atoms with Crippen LogP contribution >= 0.6 is 11.8 Å². The van der Waals surface area contributed by atoms with E-state index in [0.29, 0.717) is 6.54 Å². The molecule has 0 spiro atoms. The average Bonchev–Trinajstić information content (AvgIpc) is 3.16. The van der Waals surface area contributed by atoms with Crippen LogP contribution in [0.3, 0.4) is 0 Å². The molecule has 2 heterocycles. The lowest BCUT2D eigenvalue weighted by atomic mass is 10.1. The van der Waals surface area contributed by atoms with Gasteiger partial charge in [-0.2, -0.15) is 11.8 Å². The number of rotatable bonds is 8. The number of amides is 1. The predicted octanol–water partition coefficient (Wildman–Crippen LogP) is 3.67. The maximum atomic E-state index is 12.7. The average molecular weight is 404 g/mol. The minimum Gasteiger partial charge on any atom is -0.375 e. The molecule has 1 unspecified atom stereocenters. The van der Waals surface area contributed by atoms with Crippen molar-refractivity contribution in [2.24, 2.45) is 0 Å². The maximum Gasteiger partial charge on any atom is 0.249 e. The van der Waals surface area contributed by atoms with Gasteiger partial charge in [0.05, 0.1) is 12.1 Å². The Morgan fingerprint density at radius 1 is 1.32 bits per heavy atom. The summed E-state index contributed by atoms with van der Waals surface area (Å²) in [4.78, 5) is 16.9. The van der Waals surface area contributed by atoms with E-state index in [0.717, 1.165) is 53.7 Å². The molecule has 0 radical (unpaired) electrons. The molecule has 0 N–H and O–H groups in total. The summed E-state index contributed by atoms with van der Waals surface area (Å²) >= 11 is 1.95. The summed E-state index contributed by atoms with van der Waals surface area (Å²) in [7, 11) is 1.55. The first-order valence-electron chi connectivity index (χ1n) is 9.80. The summed E-state index contributed by atoms with van der Waals surface area (Å²) < 4.78 is 11.0. The molecule has 1 fully saturated rings. The van der Waals surface area contributed by atoms with Crippen LogP contribution in [0.5, 0.6) is 0 Å². The lowest BCUT2D eigenvalue weighted by Gasteiger charge is -2.31. The normalized spacial score (nSPS) is 15.5. The summed E-state index contributed by atoms with van der Waals surface area (Å²) in [6.07, 6.45) is 0.872. The standard InChI is InChI=1S/C21H29N3O3S/c1-4-16(2)24(19(25)15-26-3)14-18-20(17-8-6-5-7-9-17)22-27-21(18)23-10-12-28-13-11-23/h5-9,16H,4,10-15H2,1-3H3. The first kappa shape index (κ1) is 20.7. The molecule has 0 bridgehead atoms. The quantitative estimate of drug-likeness (QED) is 0.670. The van der Waals surface area contributed by atoms with Crippen molar-refractivity contribution in [3.05, 3.63) is 35.9 Å². The van der Waals surface area contributed by atoms with Gasteiger partial charge in [0, 0.05) is 43.3 Å². The molecule has 1 amide bonds. The molecule has 0 saturated carbocycles. The van der Waals surface area contributed by atoms with E-state index in [1.54, 1.807) is 7.11 Å². The van der Waals surface area contributed by atoms with Crippen molar-refractivity contribution in [3.63, 3.8) is 0 Å². The molecule has 7 heteroatoms. The molecular formula is C21H29N3O3S. The number of carbonyl (C=O) groups excluding carboxylic acids is 1. The van der Waals surface area contributed by atoms with Crippen molar-refractivity contribution in [2.75, 3.05) is 43.2 Å². The summed E-state index contributed by atoms with van der Waals surface area (Å²) in [6, 6.07) is 10.1. The van der Waals surface area contributed by atoms with E-state index >= 15 is 0 Å². The maximum absolute atomic E-state index is 12.7. The van der Waals surface area contributed by atoms with Crippen molar-refractivity contribution in [1.82, 2.24) is 10.1 Å². The minimum absolute atomic E-state index is 0.0165. The van der Waals surface area contributed by atoms with Crippen LogP contribution in [0, 0.1) is 0 Å². The topological polar surface area (TPSA) is 58.8 Å². The zero-order valence-electron chi connectivity index (χ0n) is 16.9. The number of ether oxygens (including phenoxy) is 1. The number of hydrogen-bond donors (Lipinski definition) is 0. The van der Waals surface area contributed by atoms with Crippen LogP contribution < -0.4 is 4.90 Å². The Hall–Kier alpha value is -1.99. The Morgan fingerprint density at radius 3 is 2.68 bits per heavy atom. The van der Waals surface area contributed by atoms with Gasteiger partial charge < -0.3 is 19.1 Å². The summed E-state index contributed by atoms with van der Waals surface area (Å²) in [5, 5.41) is 4.41. The second-order valence-electron chi connectivity index (χ2n) is 6.99. The van der Waals surface area contributed by atoms with E-state index in [9.17, 15) is 4.79 Å². The van der Waals surface area contributed by atoms with Gasteiger partial charge in [-0.1, -0.05) is 42.4 Å². The van der Waals surface area contributed by atoms with Crippen LogP contribution in [0.1, 0.15) is 25.8 Å².